The first-order chi connectivity index (χ1) is 12.6. The van der Waals surface area contributed by atoms with Gasteiger partial charge in [0.15, 0.2) is 5.82 Å². The average molecular weight is 369 g/mol. The number of hydrogen-bond donors (Lipinski definition) is 2. The average Bonchev–Trinajstić information content (AvgIpc) is 3.20. The third-order valence-corrected chi connectivity index (χ3v) is 4.59. The third-order valence-electron chi connectivity index (χ3n) is 3.49. The Morgan fingerprint density at radius 2 is 1.69 bits per heavy atom. The van der Waals surface area contributed by atoms with Gasteiger partial charge in [-0.1, -0.05) is 30.3 Å². The smallest absolute Gasteiger partial charge is 0.233 e. The molecule has 1 aromatic carbocycles. The van der Waals surface area contributed by atoms with E-state index in [1.807, 2.05) is 65.5 Å². The highest BCUT2D eigenvalue weighted by Crippen LogP contribution is 2.06. The van der Waals surface area contributed by atoms with E-state index in [4.69, 9.17) is 0 Å². The molecule has 0 saturated heterocycles. The fourth-order valence-corrected chi connectivity index (χ4v) is 3.03. The standard InChI is InChI=1S/C18H19N5O2S/c24-26(25,15-10-16-6-2-1-3-7-16)20-12-11-19-17-8-9-18(22-21-17)23-13-4-5-14-23/h1-10,13-15,20H,11-12H2,(H,19,21)/b15-10+. The number of rotatable bonds is 8. The van der Waals surface area contributed by atoms with Crippen LogP contribution in [0.25, 0.3) is 11.9 Å². The van der Waals surface area contributed by atoms with Crippen molar-refractivity contribution in [2.24, 2.45) is 0 Å². The lowest BCUT2D eigenvalue weighted by Gasteiger charge is -2.07. The van der Waals surface area contributed by atoms with E-state index in [1.165, 1.54) is 0 Å². The van der Waals surface area contributed by atoms with Crippen molar-refractivity contribution in [3.05, 3.63) is 78.0 Å². The summed E-state index contributed by atoms with van der Waals surface area (Å²) >= 11 is 0. The monoisotopic (exact) mass is 369 g/mol. The van der Waals surface area contributed by atoms with Crippen LogP contribution < -0.4 is 10.0 Å². The van der Waals surface area contributed by atoms with Crippen LogP contribution in [0.15, 0.2) is 72.4 Å². The van der Waals surface area contributed by atoms with Crippen LogP contribution in [0, 0.1) is 0 Å². The first-order valence-corrected chi connectivity index (χ1v) is 9.61. The first kappa shape index (κ1) is 17.8. The fraction of sp³-hybridized carbons (Fsp3) is 0.111. The zero-order valence-corrected chi connectivity index (χ0v) is 14.8. The molecule has 2 N–H and O–H groups in total. The minimum absolute atomic E-state index is 0.239. The highest BCUT2D eigenvalue weighted by molar-refractivity contribution is 7.92. The molecule has 8 heteroatoms. The third kappa shape index (κ3) is 5.27. The van der Waals surface area contributed by atoms with E-state index in [2.05, 4.69) is 20.2 Å². The van der Waals surface area contributed by atoms with E-state index in [-0.39, 0.29) is 6.54 Å². The Kier molecular flexibility index (Phi) is 5.77. The Balaban J connectivity index is 1.45. The van der Waals surface area contributed by atoms with Crippen molar-refractivity contribution >= 4 is 21.9 Å². The number of sulfonamides is 1. The molecule has 3 aromatic rings. The summed E-state index contributed by atoms with van der Waals surface area (Å²) in [5.74, 6) is 1.30. The van der Waals surface area contributed by atoms with Gasteiger partial charge in [-0.05, 0) is 35.9 Å². The minimum atomic E-state index is -3.48. The lowest BCUT2D eigenvalue weighted by Crippen LogP contribution is -2.27. The van der Waals surface area contributed by atoms with E-state index in [0.29, 0.717) is 18.2 Å². The second kappa shape index (κ2) is 8.41. The Labute approximate surface area is 152 Å². The number of anilines is 1. The predicted molar refractivity (Wildman–Crippen MR) is 102 cm³/mol. The first-order valence-electron chi connectivity index (χ1n) is 8.06. The molecule has 2 heterocycles. The summed E-state index contributed by atoms with van der Waals surface area (Å²) in [6, 6.07) is 16.7. The summed E-state index contributed by atoms with van der Waals surface area (Å²) in [4.78, 5) is 0. The van der Waals surface area contributed by atoms with Crippen molar-refractivity contribution in [2.45, 2.75) is 0 Å². The minimum Gasteiger partial charge on any atom is -0.367 e. The summed E-state index contributed by atoms with van der Waals surface area (Å²) < 4.78 is 28.2. The highest BCUT2D eigenvalue weighted by Gasteiger charge is 2.04. The van der Waals surface area contributed by atoms with Crippen LogP contribution in [0.4, 0.5) is 5.82 Å². The van der Waals surface area contributed by atoms with Gasteiger partial charge in [-0.25, -0.2) is 13.1 Å². The molecule has 0 saturated carbocycles. The van der Waals surface area contributed by atoms with Crippen LogP contribution >= 0.6 is 0 Å². The normalized spacial score (nSPS) is 11.7. The van der Waals surface area contributed by atoms with Crippen LogP contribution in [-0.4, -0.2) is 36.3 Å². The van der Waals surface area contributed by atoms with Gasteiger partial charge in [-0.3, -0.25) is 0 Å². The van der Waals surface area contributed by atoms with Gasteiger partial charge < -0.3 is 9.88 Å². The van der Waals surface area contributed by atoms with Crippen LogP contribution in [0.1, 0.15) is 5.56 Å². The Bertz CT molecular complexity index is 937. The second-order valence-corrected chi connectivity index (χ2v) is 7.10. The summed E-state index contributed by atoms with van der Waals surface area (Å²) in [6.07, 6.45) is 5.32. The topological polar surface area (TPSA) is 88.9 Å². The molecule has 0 atom stereocenters. The molecular weight excluding hydrogens is 350 g/mol. The molecular formula is C18H19N5O2S. The largest absolute Gasteiger partial charge is 0.367 e. The summed E-state index contributed by atoms with van der Waals surface area (Å²) in [7, 11) is -3.48. The second-order valence-electron chi connectivity index (χ2n) is 5.45. The zero-order valence-electron chi connectivity index (χ0n) is 14.0. The molecule has 0 bridgehead atoms. The van der Waals surface area contributed by atoms with Crippen LogP contribution in [-0.2, 0) is 10.0 Å². The molecule has 3 rings (SSSR count). The number of nitrogens with zero attached hydrogens (tertiary/aromatic N) is 3. The fourth-order valence-electron chi connectivity index (χ4n) is 2.21. The number of aromatic nitrogens is 3. The van der Waals surface area contributed by atoms with Crippen molar-refractivity contribution in [3.8, 4) is 5.82 Å². The maximum atomic E-state index is 11.9. The van der Waals surface area contributed by atoms with Crippen LogP contribution in [0.3, 0.4) is 0 Å². The van der Waals surface area contributed by atoms with Crippen molar-refractivity contribution in [1.82, 2.24) is 19.5 Å². The molecule has 0 fully saturated rings. The number of hydrogen-bond acceptors (Lipinski definition) is 5. The van der Waals surface area contributed by atoms with E-state index in [0.717, 1.165) is 11.0 Å². The molecule has 0 unspecified atom stereocenters. The van der Waals surface area contributed by atoms with Crippen molar-refractivity contribution in [3.63, 3.8) is 0 Å². The maximum absolute atomic E-state index is 11.9. The van der Waals surface area contributed by atoms with Gasteiger partial charge in [0.05, 0.1) is 0 Å². The Morgan fingerprint density at radius 1 is 0.923 bits per heavy atom. The Hall–Kier alpha value is -2.97. The summed E-state index contributed by atoms with van der Waals surface area (Å²) in [6.45, 7) is 0.637. The van der Waals surface area contributed by atoms with Crippen molar-refractivity contribution < 1.29 is 8.42 Å². The van der Waals surface area contributed by atoms with Gasteiger partial charge in [-0.15, -0.1) is 10.2 Å². The lowest BCUT2D eigenvalue weighted by molar-refractivity contribution is 0.592. The maximum Gasteiger partial charge on any atom is 0.233 e. The molecule has 0 spiro atoms. The van der Waals surface area contributed by atoms with Gasteiger partial charge in [0.1, 0.15) is 5.82 Å². The quantitative estimate of drug-likeness (QED) is 0.595. The van der Waals surface area contributed by atoms with Gasteiger partial charge in [0.2, 0.25) is 10.0 Å². The molecule has 0 amide bonds. The zero-order chi connectivity index (χ0) is 18.2. The van der Waals surface area contributed by atoms with E-state index in [9.17, 15) is 8.42 Å². The van der Waals surface area contributed by atoms with Crippen molar-refractivity contribution in [2.75, 3.05) is 18.4 Å². The molecule has 0 aliphatic heterocycles. The summed E-state index contributed by atoms with van der Waals surface area (Å²) in [5.41, 5.74) is 0.828. The van der Waals surface area contributed by atoms with E-state index < -0.39 is 10.0 Å². The van der Waals surface area contributed by atoms with Gasteiger partial charge in [-0.2, -0.15) is 0 Å². The van der Waals surface area contributed by atoms with Gasteiger partial charge in [0, 0.05) is 30.9 Å². The van der Waals surface area contributed by atoms with E-state index in [1.54, 1.807) is 12.1 Å². The molecule has 0 aliphatic carbocycles. The number of benzene rings is 1. The number of nitrogens with one attached hydrogen (secondary N) is 2. The van der Waals surface area contributed by atoms with Crippen LogP contribution in [0.2, 0.25) is 0 Å². The summed E-state index contributed by atoms with van der Waals surface area (Å²) in [5, 5.41) is 12.4. The molecule has 0 aliphatic rings. The highest BCUT2D eigenvalue weighted by atomic mass is 32.2. The van der Waals surface area contributed by atoms with Gasteiger partial charge in [0.25, 0.3) is 0 Å². The lowest BCUT2D eigenvalue weighted by atomic mass is 10.2. The van der Waals surface area contributed by atoms with Crippen molar-refractivity contribution in [1.29, 1.82) is 0 Å². The molecule has 0 radical (unpaired) electrons. The Morgan fingerprint density at radius 3 is 2.38 bits per heavy atom. The molecule has 26 heavy (non-hydrogen) atoms. The molecule has 7 nitrogen and oxygen atoms in total. The predicted octanol–water partition coefficient (Wildman–Crippen LogP) is 2.27. The SMILES string of the molecule is O=S(=O)(/C=C/c1ccccc1)NCCNc1ccc(-n2cccc2)nn1. The van der Waals surface area contributed by atoms with Gasteiger partial charge >= 0.3 is 0 Å². The van der Waals surface area contributed by atoms with E-state index >= 15 is 0 Å². The molecule has 134 valence electrons. The van der Waals surface area contributed by atoms with Crippen LogP contribution in [0.5, 0.6) is 0 Å². The molecule has 2 aromatic heterocycles.